The van der Waals surface area contributed by atoms with Crippen molar-refractivity contribution in [1.29, 1.82) is 0 Å². The molecule has 0 radical (unpaired) electrons. The van der Waals surface area contributed by atoms with Crippen molar-refractivity contribution in [3.8, 4) is 0 Å². The number of hydrogen-bond acceptors (Lipinski definition) is 5. The molecule has 22 heavy (non-hydrogen) atoms. The molecular formula is C16H25N3O3. The number of amides is 1. The van der Waals surface area contributed by atoms with Crippen LogP contribution in [0.2, 0.25) is 0 Å². The van der Waals surface area contributed by atoms with Gasteiger partial charge in [0.2, 0.25) is 5.91 Å². The summed E-state index contributed by atoms with van der Waals surface area (Å²) in [7, 11) is 1.69. The standard InChI is InChI=1S/C16H25N3O3/c1-22-8-4-2-3-5-16(21)19-11-13(15(20)12-19)9-14-10-17-6-7-18-14/h6-7,10,13,15,20H,2-5,8-9,11-12H2,1H3/t13-,15-/m1/s1. The van der Waals surface area contributed by atoms with Crippen molar-refractivity contribution in [1.82, 2.24) is 14.9 Å². The summed E-state index contributed by atoms with van der Waals surface area (Å²) in [5, 5.41) is 10.2. The van der Waals surface area contributed by atoms with Crippen molar-refractivity contribution in [3.05, 3.63) is 24.3 Å². The van der Waals surface area contributed by atoms with Gasteiger partial charge in [-0.05, 0) is 19.3 Å². The summed E-state index contributed by atoms with van der Waals surface area (Å²) in [6.07, 6.45) is 8.60. The van der Waals surface area contributed by atoms with Crippen LogP contribution in [0, 0.1) is 5.92 Å². The van der Waals surface area contributed by atoms with Crippen molar-refractivity contribution in [2.75, 3.05) is 26.8 Å². The molecule has 0 aliphatic carbocycles. The molecule has 1 N–H and O–H groups in total. The van der Waals surface area contributed by atoms with Gasteiger partial charge in [-0.1, -0.05) is 6.42 Å². The number of rotatable bonds is 8. The van der Waals surface area contributed by atoms with Crippen LogP contribution < -0.4 is 0 Å². The monoisotopic (exact) mass is 307 g/mol. The average Bonchev–Trinajstić information content (AvgIpc) is 2.89. The van der Waals surface area contributed by atoms with Crippen LogP contribution in [0.4, 0.5) is 0 Å². The fraction of sp³-hybridized carbons (Fsp3) is 0.688. The molecule has 0 spiro atoms. The van der Waals surface area contributed by atoms with E-state index in [9.17, 15) is 9.90 Å². The van der Waals surface area contributed by atoms with Crippen molar-refractivity contribution < 1.29 is 14.6 Å². The van der Waals surface area contributed by atoms with Gasteiger partial charge in [-0.3, -0.25) is 14.8 Å². The van der Waals surface area contributed by atoms with E-state index in [4.69, 9.17) is 4.74 Å². The van der Waals surface area contributed by atoms with Crippen LogP contribution in [0.3, 0.4) is 0 Å². The van der Waals surface area contributed by atoms with Gasteiger partial charge in [0.15, 0.2) is 0 Å². The predicted molar refractivity (Wildman–Crippen MR) is 82.2 cm³/mol. The number of hydrogen-bond donors (Lipinski definition) is 1. The number of aliphatic hydroxyl groups excluding tert-OH is 1. The molecule has 1 saturated heterocycles. The number of unbranched alkanes of at least 4 members (excludes halogenated alkanes) is 2. The number of carbonyl (C=O) groups excluding carboxylic acids is 1. The zero-order valence-corrected chi connectivity index (χ0v) is 13.1. The third-order valence-electron chi connectivity index (χ3n) is 4.09. The number of carbonyl (C=O) groups is 1. The Labute approximate surface area is 131 Å². The molecule has 1 amide bonds. The van der Waals surface area contributed by atoms with Crippen molar-refractivity contribution in [2.45, 2.75) is 38.2 Å². The van der Waals surface area contributed by atoms with Crippen LogP contribution in [0.1, 0.15) is 31.4 Å². The van der Waals surface area contributed by atoms with Crippen LogP contribution >= 0.6 is 0 Å². The quantitative estimate of drug-likeness (QED) is 0.726. The Bertz CT molecular complexity index is 455. The SMILES string of the molecule is COCCCCCC(=O)N1C[C@@H](Cc2cnccn2)[C@H](O)C1. The zero-order valence-electron chi connectivity index (χ0n) is 13.1. The fourth-order valence-electron chi connectivity index (χ4n) is 2.82. The van der Waals surface area contributed by atoms with Crippen LogP contribution in [-0.2, 0) is 16.0 Å². The van der Waals surface area contributed by atoms with E-state index < -0.39 is 6.10 Å². The van der Waals surface area contributed by atoms with E-state index in [0.29, 0.717) is 25.9 Å². The second-order valence-corrected chi connectivity index (χ2v) is 5.83. The largest absolute Gasteiger partial charge is 0.391 e. The van der Waals surface area contributed by atoms with Gasteiger partial charge in [-0.2, -0.15) is 0 Å². The average molecular weight is 307 g/mol. The first-order chi connectivity index (χ1) is 10.7. The third kappa shape index (κ3) is 5.03. The highest BCUT2D eigenvalue weighted by molar-refractivity contribution is 5.76. The van der Waals surface area contributed by atoms with Crippen molar-refractivity contribution in [3.63, 3.8) is 0 Å². The number of likely N-dealkylation sites (tertiary alicyclic amines) is 1. The minimum absolute atomic E-state index is 0.0501. The molecule has 6 nitrogen and oxygen atoms in total. The molecule has 122 valence electrons. The maximum absolute atomic E-state index is 12.2. The molecule has 0 unspecified atom stereocenters. The Hall–Kier alpha value is -1.53. The molecule has 6 heteroatoms. The zero-order chi connectivity index (χ0) is 15.8. The summed E-state index contributed by atoms with van der Waals surface area (Å²) < 4.78 is 4.99. The van der Waals surface area contributed by atoms with Gasteiger partial charge in [0, 0.05) is 57.7 Å². The lowest BCUT2D eigenvalue weighted by atomic mass is 10.0. The Morgan fingerprint density at radius 1 is 1.36 bits per heavy atom. The lowest BCUT2D eigenvalue weighted by Gasteiger charge is -2.16. The summed E-state index contributed by atoms with van der Waals surface area (Å²) in [5.74, 6) is 0.187. The molecule has 1 aliphatic rings. The Morgan fingerprint density at radius 3 is 2.95 bits per heavy atom. The Balaban J connectivity index is 1.74. The predicted octanol–water partition coefficient (Wildman–Crippen LogP) is 1.05. The smallest absolute Gasteiger partial charge is 0.222 e. The minimum Gasteiger partial charge on any atom is -0.391 e. The third-order valence-corrected chi connectivity index (χ3v) is 4.09. The van der Waals surface area contributed by atoms with Gasteiger partial charge in [0.05, 0.1) is 11.8 Å². The molecule has 1 aromatic rings. The van der Waals surface area contributed by atoms with E-state index in [2.05, 4.69) is 9.97 Å². The molecule has 0 aromatic carbocycles. The van der Waals surface area contributed by atoms with Gasteiger partial charge < -0.3 is 14.7 Å². The lowest BCUT2D eigenvalue weighted by Crippen LogP contribution is -2.29. The number of nitrogens with zero attached hydrogens (tertiary/aromatic N) is 3. The number of aromatic nitrogens is 2. The van der Waals surface area contributed by atoms with Crippen LogP contribution in [0.15, 0.2) is 18.6 Å². The van der Waals surface area contributed by atoms with E-state index in [1.54, 1.807) is 30.6 Å². The second-order valence-electron chi connectivity index (χ2n) is 5.83. The molecule has 1 fully saturated rings. The molecule has 2 atom stereocenters. The Kier molecular flexibility index (Phi) is 6.74. The first-order valence-corrected chi connectivity index (χ1v) is 7.90. The minimum atomic E-state index is -0.473. The fourth-order valence-corrected chi connectivity index (χ4v) is 2.82. The van der Waals surface area contributed by atoms with Gasteiger partial charge in [-0.25, -0.2) is 0 Å². The van der Waals surface area contributed by atoms with E-state index in [0.717, 1.165) is 31.6 Å². The second kappa shape index (κ2) is 8.80. The summed E-state index contributed by atoms with van der Waals surface area (Å²) in [4.78, 5) is 22.2. The number of β-amino-alcohol motifs (C(OH)–C–C–N with tert-alkyl or cyclic N) is 1. The highest BCUT2D eigenvalue weighted by atomic mass is 16.5. The topological polar surface area (TPSA) is 75.5 Å². The molecule has 2 heterocycles. The maximum Gasteiger partial charge on any atom is 0.222 e. The highest BCUT2D eigenvalue weighted by Gasteiger charge is 2.33. The highest BCUT2D eigenvalue weighted by Crippen LogP contribution is 2.21. The van der Waals surface area contributed by atoms with Gasteiger partial charge in [-0.15, -0.1) is 0 Å². The van der Waals surface area contributed by atoms with E-state index in [1.807, 2.05) is 0 Å². The first kappa shape index (κ1) is 16.8. The normalized spacial score (nSPS) is 21.3. The van der Waals surface area contributed by atoms with Gasteiger partial charge >= 0.3 is 0 Å². The molecule has 1 aliphatic heterocycles. The first-order valence-electron chi connectivity index (χ1n) is 7.90. The number of methoxy groups -OCH3 is 1. The summed E-state index contributed by atoms with van der Waals surface area (Å²) in [6.45, 7) is 1.79. The molecule has 0 saturated carbocycles. The van der Waals surface area contributed by atoms with Gasteiger partial charge in [0.1, 0.15) is 0 Å². The van der Waals surface area contributed by atoms with Gasteiger partial charge in [0.25, 0.3) is 0 Å². The molecule has 2 rings (SSSR count). The Morgan fingerprint density at radius 2 is 2.23 bits per heavy atom. The summed E-state index contributed by atoms with van der Waals surface area (Å²) in [6, 6.07) is 0. The molecular weight excluding hydrogens is 282 g/mol. The van der Waals surface area contributed by atoms with E-state index in [1.165, 1.54) is 0 Å². The lowest BCUT2D eigenvalue weighted by molar-refractivity contribution is -0.130. The van der Waals surface area contributed by atoms with Crippen molar-refractivity contribution in [2.24, 2.45) is 5.92 Å². The summed E-state index contributed by atoms with van der Waals surface area (Å²) >= 11 is 0. The van der Waals surface area contributed by atoms with Crippen LogP contribution in [0.5, 0.6) is 0 Å². The van der Waals surface area contributed by atoms with E-state index in [-0.39, 0.29) is 11.8 Å². The number of ether oxygens (including phenoxy) is 1. The number of aliphatic hydroxyl groups is 1. The van der Waals surface area contributed by atoms with Crippen molar-refractivity contribution >= 4 is 5.91 Å². The van der Waals surface area contributed by atoms with E-state index >= 15 is 0 Å². The maximum atomic E-state index is 12.2. The molecule has 1 aromatic heterocycles. The van der Waals surface area contributed by atoms with Crippen LogP contribution in [-0.4, -0.2) is 58.8 Å². The molecule has 0 bridgehead atoms. The summed E-state index contributed by atoms with van der Waals surface area (Å²) in [5.41, 5.74) is 0.861. The van der Waals surface area contributed by atoms with Crippen LogP contribution in [0.25, 0.3) is 0 Å².